The van der Waals surface area contributed by atoms with Crippen molar-refractivity contribution in [3.63, 3.8) is 0 Å². The molecule has 0 aliphatic carbocycles. The first-order valence-electron chi connectivity index (χ1n) is 5.28. The Bertz CT molecular complexity index is 756. The molecule has 18 heavy (non-hydrogen) atoms. The van der Waals surface area contributed by atoms with Crippen LogP contribution in [0.3, 0.4) is 0 Å². The van der Waals surface area contributed by atoms with Gasteiger partial charge in [-0.05, 0) is 39.7 Å². The normalized spacial score (nSPS) is 13.0. The lowest BCUT2D eigenvalue weighted by Gasteiger charge is -2.09. The van der Waals surface area contributed by atoms with E-state index < -0.39 is 6.10 Å². The zero-order chi connectivity index (χ0) is 12.7. The second kappa shape index (κ2) is 4.15. The summed E-state index contributed by atoms with van der Waals surface area (Å²) in [7, 11) is 0. The molecule has 6 heteroatoms. The van der Waals surface area contributed by atoms with Crippen molar-refractivity contribution in [2.45, 2.75) is 6.10 Å². The predicted octanol–water partition coefficient (Wildman–Crippen LogP) is 2.29. The zero-order valence-electron chi connectivity index (χ0n) is 9.11. The number of aromatic nitrogens is 2. The van der Waals surface area contributed by atoms with Crippen LogP contribution < -0.4 is 5.69 Å². The minimum Gasteiger partial charge on any atom is -0.457 e. The van der Waals surface area contributed by atoms with E-state index in [0.717, 1.165) is 0 Å². The number of hydrogen-bond donors (Lipinski definition) is 3. The zero-order valence-corrected chi connectivity index (χ0v) is 10.7. The molecule has 0 amide bonds. The molecule has 0 saturated heterocycles. The summed E-state index contributed by atoms with van der Waals surface area (Å²) in [4.78, 5) is 16.5. The molecule has 0 spiro atoms. The van der Waals surface area contributed by atoms with Gasteiger partial charge in [0.15, 0.2) is 4.67 Å². The second-order valence-corrected chi connectivity index (χ2v) is 4.66. The fraction of sp³-hybridized carbons (Fsp3) is 0.0833. The minimum absolute atomic E-state index is 0.263. The molecule has 92 valence electrons. The van der Waals surface area contributed by atoms with Crippen LogP contribution in [0.5, 0.6) is 0 Å². The molecule has 1 aromatic carbocycles. The van der Waals surface area contributed by atoms with Crippen LogP contribution in [0, 0.1) is 0 Å². The Kier molecular flexibility index (Phi) is 2.61. The highest BCUT2D eigenvalue weighted by molar-refractivity contribution is 9.10. The van der Waals surface area contributed by atoms with Gasteiger partial charge in [-0.15, -0.1) is 0 Å². The van der Waals surface area contributed by atoms with Gasteiger partial charge in [-0.25, -0.2) is 4.79 Å². The van der Waals surface area contributed by atoms with E-state index in [2.05, 4.69) is 25.9 Å². The van der Waals surface area contributed by atoms with Gasteiger partial charge in [0.1, 0.15) is 6.10 Å². The number of nitrogens with one attached hydrogen (secondary N) is 2. The Hall–Kier alpha value is -1.79. The number of furan rings is 1. The lowest BCUT2D eigenvalue weighted by atomic mass is 10.0. The molecule has 3 aromatic rings. The lowest BCUT2D eigenvalue weighted by molar-refractivity contribution is 0.218. The largest absolute Gasteiger partial charge is 0.457 e. The molecular weight excluding hydrogens is 300 g/mol. The van der Waals surface area contributed by atoms with E-state index in [0.29, 0.717) is 26.8 Å². The second-order valence-electron chi connectivity index (χ2n) is 3.94. The molecule has 3 rings (SSSR count). The van der Waals surface area contributed by atoms with Crippen molar-refractivity contribution < 1.29 is 9.52 Å². The Morgan fingerprint density at radius 1 is 1.22 bits per heavy atom. The van der Waals surface area contributed by atoms with Crippen molar-refractivity contribution in [2.75, 3.05) is 0 Å². The number of aliphatic hydroxyl groups is 1. The topological polar surface area (TPSA) is 82.0 Å². The van der Waals surface area contributed by atoms with E-state index in [9.17, 15) is 9.90 Å². The standard InChI is InChI=1S/C12H9BrN2O3/c13-11-7(3-4-18-11)10(16)6-1-2-8-9(5-6)15-12(17)14-8/h1-5,10,16H,(H2,14,15,17). The van der Waals surface area contributed by atoms with E-state index in [1.807, 2.05) is 0 Å². The number of aliphatic hydroxyl groups excluding tert-OH is 1. The first-order chi connectivity index (χ1) is 8.65. The maximum absolute atomic E-state index is 11.2. The fourth-order valence-corrected chi connectivity index (χ4v) is 2.36. The maximum atomic E-state index is 11.2. The summed E-state index contributed by atoms with van der Waals surface area (Å²) < 4.78 is 5.59. The van der Waals surface area contributed by atoms with Crippen LogP contribution in [0.15, 0.2) is 44.4 Å². The molecule has 0 aliphatic heterocycles. The SMILES string of the molecule is O=c1[nH]c2ccc(C(O)c3ccoc3Br)cc2[nH]1. The third-order valence-corrected chi connectivity index (χ3v) is 3.44. The Balaban J connectivity index is 2.09. The van der Waals surface area contributed by atoms with Gasteiger partial charge in [0, 0.05) is 5.56 Å². The van der Waals surface area contributed by atoms with Crippen molar-refractivity contribution >= 4 is 27.0 Å². The molecule has 1 unspecified atom stereocenters. The van der Waals surface area contributed by atoms with Crippen LogP contribution in [0.1, 0.15) is 17.2 Å². The van der Waals surface area contributed by atoms with Crippen LogP contribution in [0.2, 0.25) is 0 Å². The van der Waals surface area contributed by atoms with E-state index in [4.69, 9.17) is 4.42 Å². The molecule has 0 radical (unpaired) electrons. The number of benzene rings is 1. The van der Waals surface area contributed by atoms with E-state index >= 15 is 0 Å². The molecular formula is C12H9BrN2O3. The molecule has 0 saturated carbocycles. The van der Waals surface area contributed by atoms with Crippen LogP contribution in [0.25, 0.3) is 11.0 Å². The number of halogens is 1. The van der Waals surface area contributed by atoms with Crippen molar-refractivity contribution in [3.8, 4) is 0 Å². The molecule has 3 N–H and O–H groups in total. The summed E-state index contributed by atoms with van der Waals surface area (Å²) >= 11 is 3.23. The average molecular weight is 309 g/mol. The van der Waals surface area contributed by atoms with Gasteiger partial charge >= 0.3 is 5.69 Å². The predicted molar refractivity (Wildman–Crippen MR) is 69.4 cm³/mol. The minimum atomic E-state index is -0.805. The quantitative estimate of drug-likeness (QED) is 0.679. The molecule has 2 heterocycles. The Morgan fingerprint density at radius 2 is 2.00 bits per heavy atom. The summed E-state index contributed by atoms with van der Waals surface area (Å²) in [5.74, 6) is 0. The van der Waals surface area contributed by atoms with Gasteiger partial charge in [0.2, 0.25) is 0 Å². The fourth-order valence-electron chi connectivity index (χ4n) is 1.90. The van der Waals surface area contributed by atoms with Crippen molar-refractivity contribution in [1.29, 1.82) is 0 Å². The lowest BCUT2D eigenvalue weighted by Crippen LogP contribution is -1.99. The van der Waals surface area contributed by atoms with Gasteiger partial charge in [0.25, 0.3) is 0 Å². The van der Waals surface area contributed by atoms with Crippen LogP contribution in [-0.2, 0) is 0 Å². The summed E-state index contributed by atoms with van der Waals surface area (Å²) in [6, 6.07) is 6.94. The average Bonchev–Trinajstić information content (AvgIpc) is 2.91. The number of aromatic amines is 2. The van der Waals surface area contributed by atoms with Crippen molar-refractivity contribution in [3.05, 3.63) is 56.8 Å². The molecule has 0 aliphatic rings. The van der Waals surface area contributed by atoms with Crippen molar-refractivity contribution in [2.24, 2.45) is 0 Å². The van der Waals surface area contributed by atoms with E-state index in [1.165, 1.54) is 6.26 Å². The number of imidazole rings is 1. The van der Waals surface area contributed by atoms with Gasteiger partial charge < -0.3 is 19.5 Å². The molecule has 0 fully saturated rings. The number of rotatable bonds is 2. The van der Waals surface area contributed by atoms with E-state index in [1.54, 1.807) is 24.3 Å². The molecule has 1 atom stereocenters. The summed E-state index contributed by atoms with van der Waals surface area (Å²) in [5.41, 5.74) is 2.44. The van der Waals surface area contributed by atoms with Gasteiger partial charge in [-0.1, -0.05) is 6.07 Å². The highest BCUT2D eigenvalue weighted by Crippen LogP contribution is 2.30. The Morgan fingerprint density at radius 3 is 2.72 bits per heavy atom. The van der Waals surface area contributed by atoms with Crippen LogP contribution in [-0.4, -0.2) is 15.1 Å². The highest BCUT2D eigenvalue weighted by Gasteiger charge is 2.16. The first kappa shape index (κ1) is 11.3. The smallest absolute Gasteiger partial charge is 0.323 e. The summed E-state index contributed by atoms with van der Waals surface area (Å²) in [6.45, 7) is 0. The van der Waals surface area contributed by atoms with Crippen molar-refractivity contribution in [1.82, 2.24) is 9.97 Å². The first-order valence-corrected chi connectivity index (χ1v) is 6.07. The van der Waals surface area contributed by atoms with Gasteiger partial charge in [-0.3, -0.25) is 0 Å². The van der Waals surface area contributed by atoms with Gasteiger partial charge in [0.05, 0.1) is 17.3 Å². The maximum Gasteiger partial charge on any atom is 0.323 e. The third-order valence-electron chi connectivity index (χ3n) is 2.80. The summed E-state index contributed by atoms with van der Waals surface area (Å²) in [5, 5.41) is 10.2. The van der Waals surface area contributed by atoms with Gasteiger partial charge in [-0.2, -0.15) is 0 Å². The number of hydrogen-bond acceptors (Lipinski definition) is 3. The number of H-pyrrole nitrogens is 2. The molecule has 0 bridgehead atoms. The third kappa shape index (κ3) is 1.79. The molecule has 5 nitrogen and oxygen atoms in total. The number of fused-ring (bicyclic) bond motifs is 1. The highest BCUT2D eigenvalue weighted by atomic mass is 79.9. The molecule has 2 aromatic heterocycles. The van der Waals surface area contributed by atoms with E-state index in [-0.39, 0.29) is 5.69 Å². The van der Waals surface area contributed by atoms with Crippen LogP contribution >= 0.6 is 15.9 Å². The van der Waals surface area contributed by atoms with Crippen LogP contribution in [0.4, 0.5) is 0 Å². The monoisotopic (exact) mass is 308 g/mol. The Labute approximate surface area is 110 Å². The summed E-state index contributed by atoms with van der Waals surface area (Å²) in [6.07, 6.45) is 0.695.